The predicted octanol–water partition coefficient (Wildman–Crippen LogP) is 2.79. The van der Waals surface area contributed by atoms with Crippen molar-refractivity contribution >= 4 is 0 Å². The molecule has 3 nitrogen and oxygen atoms in total. The van der Waals surface area contributed by atoms with Crippen LogP contribution >= 0.6 is 0 Å². The zero-order valence-electron chi connectivity index (χ0n) is 11.9. The van der Waals surface area contributed by atoms with Crippen LogP contribution in [0.5, 0.6) is 5.75 Å². The highest BCUT2D eigenvalue weighted by Gasteiger charge is 2.14. The van der Waals surface area contributed by atoms with E-state index in [0.29, 0.717) is 12.7 Å². The first kappa shape index (κ1) is 14.4. The maximum atomic E-state index is 5.70. The molecule has 1 heterocycles. The summed E-state index contributed by atoms with van der Waals surface area (Å²) in [6, 6.07) is 8.42. The number of benzene rings is 1. The Balaban J connectivity index is 1.57. The van der Waals surface area contributed by atoms with Gasteiger partial charge in [-0.15, -0.1) is 0 Å². The molecule has 1 N–H and O–H groups in total. The molecule has 0 aliphatic carbocycles. The smallest absolute Gasteiger partial charge is 0.119 e. The van der Waals surface area contributed by atoms with Crippen molar-refractivity contribution < 1.29 is 9.47 Å². The van der Waals surface area contributed by atoms with E-state index in [4.69, 9.17) is 9.47 Å². The quantitative estimate of drug-likeness (QED) is 0.732. The third kappa shape index (κ3) is 5.21. The van der Waals surface area contributed by atoms with Crippen LogP contribution in [-0.4, -0.2) is 32.4 Å². The molecule has 0 aromatic heterocycles. The Morgan fingerprint density at radius 3 is 2.84 bits per heavy atom. The van der Waals surface area contributed by atoms with E-state index in [1.165, 1.54) is 24.8 Å². The van der Waals surface area contributed by atoms with Gasteiger partial charge in [0.15, 0.2) is 0 Å². The average Bonchev–Trinajstić information content (AvgIpc) is 2.94. The van der Waals surface area contributed by atoms with Gasteiger partial charge in [0.1, 0.15) is 12.4 Å². The standard InChI is InChI=1S/C16H25NO2/c1-2-4-14-6-8-15(9-7-14)19-12-10-17-13-16-5-3-11-18-16/h6-9,16-17H,2-5,10-13H2,1H3. The second kappa shape index (κ2) is 8.18. The zero-order chi connectivity index (χ0) is 13.3. The summed E-state index contributed by atoms with van der Waals surface area (Å²) in [6.07, 6.45) is 5.13. The van der Waals surface area contributed by atoms with Crippen LogP contribution in [0.2, 0.25) is 0 Å². The van der Waals surface area contributed by atoms with E-state index in [-0.39, 0.29) is 0 Å². The minimum absolute atomic E-state index is 0.410. The molecule has 1 aromatic carbocycles. The van der Waals surface area contributed by atoms with Crippen LogP contribution in [0.3, 0.4) is 0 Å². The van der Waals surface area contributed by atoms with Gasteiger partial charge < -0.3 is 14.8 Å². The Morgan fingerprint density at radius 1 is 1.32 bits per heavy atom. The Hall–Kier alpha value is -1.06. The summed E-state index contributed by atoms with van der Waals surface area (Å²) >= 11 is 0. The van der Waals surface area contributed by atoms with E-state index in [0.717, 1.165) is 31.9 Å². The van der Waals surface area contributed by atoms with Gasteiger partial charge in [0.05, 0.1) is 6.10 Å². The van der Waals surface area contributed by atoms with Crippen LogP contribution in [0.15, 0.2) is 24.3 Å². The molecule has 0 saturated carbocycles. The van der Waals surface area contributed by atoms with Crippen molar-refractivity contribution in [1.29, 1.82) is 0 Å². The molecule has 1 saturated heterocycles. The first-order valence-electron chi connectivity index (χ1n) is 7.42. The summed E-state index contributed by atoms with van der Waals surface area (Å²) in [5, 5.41) is 3.38. The second-order valence-electron chi connectivity index (χ2n) is 5.08. The van der Waals surface area contributed by atoms with E-state index in [2.05, 4.69) is 36.5 Å². The van der Waals surface area contributed by atoms with Crippen LogP contribution in [-0.2, 0) is 11.2 Å². The molecular weight excluding hydrogens is 238 g/mol. The molecule has 2 rings (SSSR count). The van der Waals surface area contributed by atoms with Gasteiger partial charge in [-0.1, -0.05) is 25.5 Å². The van der Waals surface area contributed by atoms with E-state index in [9.17, 15) is 0 Å². The monoisotopic (exact) mass is 263 g/mol. The van der Waals surface area contributed by atoms with Crippen molar-refractivity contribution in [1.82, 2.24) is 5.32 Å². The Bertz CT molecular complexity index is 344. The van der Waals surface area contributed by atoms with Crippen LogP contribution < -0.4 is 10.1 Å². The van der Waals surface area contributed by atoms with Crippen LogP contribution in [0, 0.1) is 0 Å². The van der Waals surface area contributed by atoms with E-state index < -0.39 is 0 Å². The van der Waals surface area contributed by atoms with E-state index in [1.54, 1.807) is 0 Å². The minimum Gasteiger partial charge on any atom is -0.492 e. The molecule has 1 aliphatic rings. The van der Waals surface area contributed by atoms with Crippen molar-refractivity contribution in [3.63, 3.8) is 0 Å². The molecular formula is C16H25NO2. The molecule has 1 aromatic rings. The summed E-state index contributed by atoms with van der Waals surface area (Å²) in [4.78, 5) is 0. The number of ether oxygens (including phenoxy) is 2. The third-order valence-electron chi connectivity index (χ3n) is 3.41. The highest BCUT2D eigenvalue weighted by Crippen LogP contribution is 2.13. The predicted molar refractivity (Wildman–Crippen MR) is 77.8 cm³/mol. The van der Waals surface area contributed by atoms with Gasteiger partial charge in [-0.25, -0.2) is 0 Å². The molecule has 1 fully saturated rings. The van der Waals surface area contributed by atoms with E-state index >= 15 is 0 Å². The minimum atomic E-state index is 0.410. The number of nitrogens with one attached hydrogen (secondary N) is 1. The van der Waals surface area contributed by atoms with Crippen LogP contribution in [0.1, 0.15) is 31.7 Å². The van der Waals surface area contributed by atoms with Gasteiger partial charge in [0, 0.05) is 19.7 Å². The van der Waals surface area contributed by atoms with Crippen LogP contribution in [0.4, 0.5) is 0 Å². The SMILES string of the molecule is CCCc1ccc(OCCNCC2CCCO2)cc1. The molecule has 0 amide bonds. The number of hydrogen-bond donors (Lipinski definition) is 1. The lowest BCUT2D eigenvalue weighted by atomic mass is 10.1. The van der Waals surface area contributed by atoms with Gasteiger partial charge in [-0.2, -0.15) is 0 Å². The summed E-state index contributed by atoms with van der Waals surface area (Å²) in [6.45, 7) is 5.65. The Labute approximate surface area is 116 Å². The maximum absolute atomic E-state index is 5.70. The van der Waals surface area contributed by atoms with E-state index in [1.807, 2.05) is 0 Å². The highest BCUT2D eigenvalue weighted by atomic mass is 16.5. The van der Waals surface area contributed by atoms with Crippen molar-refractivity contribution in [2.45, 2.75) is 38.7 Å². The van der Waals surface area contributed by atoms with Crippen molar-refractivity contribution in [3.05, 3.63) is 29.8 Å². The first-order chi connectivity index (χ1) is 9.38. The van der Waals surface area contributed by atoms with Gasteiger partial charge in [-0.05, 0) is 37.0 Å². The van der Waals surface area contributed by atoms with Gasteiger partial charge in [0.25, 0.3) is 0 Å². The summed E-state index contributed by atoms with van der Waals surface area (Å²) in [5.41, 5.74) is 1.38. The molecule has 19 heavy (non-hydrogen) atoms. The average molecular weight is 263 g/mol. The molecule has 3 heteroatoms. The Morgan fingerprint density at radius 2 is 2.16 bits per heavy atom. The zero-order valence-corrected chi connectivity index (χ0v) is 11.9. The van der Waals surface area contributed by atoms with Crippen molar-refractivity contribution in [2.75, 3.05) is 26.3 Å². The Kier molecular flexibility index (Phi) is 6.18. The number of rotatable bonds is 8. The molecule has 0 bridgehead atoms. The topological polar surface area (TPSA) is 30.5 Å². The number of aryl methyl sites for hydroxylation is 1. The normalized spacial score (nSPS) is 18.7. The lowest BCUT2D eigenvalue weighted by Crippen LogP contribution is -2.29. The lowest BCUT2D eigenvalue weighted by Gasteiger charge is -2.11. The third-order valence-corrected chi connectivity index (χ3v) is 3.41. The fraction of sp³-hybridized carbons (Fsp3) is 0.625. The first-order valence-corrected chi connectivity index (χ1v) is 7.42. The highest BCUT2D eigenvalue weighted by molar-refractivity contribution is 5.27. The van der Waals surface area contributed by atoms with Gasteiger partial charge in [0.2, 0.25) is 0 Å². The molecule has 1 unspecified atom stereocenters. The molecule has 1 atom stereocenters. The summed E-state index contributed by atoms with van der Waals surface area (Å²) in [7, 11) is 0. The van der Waals surface area contributed by atoms with Crippen LogP contribution in [0.25, 0.3) is 0 Å². The molecule has 106 valence electrons. The molecule has 1 aliphatic heterocycles. The van der Waals surface area contributed by atoms with Gasteiger partial charge >= 0.3 is 0 Å². The van der Waals surface area contributed by atoms with Crippen molar-refractivity contribution in [2.24, 2.45) is 0 Å². The fourth-order valence-electron chi connectivity index (χ4n) is 2.35. The summed E-state index contributed by atoms with van der Waals surface area (Å²) in [5.74, 6) is 0.957. The largest absolute Gasteiger partial charge is 0.492 e. The molecule has 0 radical (unpaired) electrons. The fourth-order valence-corrected chi connectivity index (χ4v) is 2.35. The number of hydrogen-bond acceptors (Lipinski definition) is 3. The van der Waals surface area contributed by atoms with Crippen molar-refractivity contribution in [3.8, 4) is 5.75 Å². The van der Waals surface area contributed by atoms with Gasteiger partial charge in [-0.3, -0.25) is 0 Å². The second-order valence-corrected chi connectivity index (χ2v) is 5.08. The molecule has 0 spiro atoms. The lowest BCUT2D eigenvalue weighted by molar-refractivity contribution is 0.109. The maximum Gasteiger partial charge on any atom is 0.119 e. The summed E-state index contributed by atoms with van der Waals surface area (Å²) < 4.78 is 11.3.